The second-order valence-corrected chi connectivity index (χ2v) is 4.24. The molecule has 1 aromatic carbocycles. The van der Waals surface area contributed by atoms with E-state index < -0.39 is 0 Å². The van der Waals surface area contributed by atoms with Crippen molar-refractivity contribution in [3.63, 3.8) is 0 Å². The van der Waals surface area contributed by atoms with Crippen LogP contribution in [0.15, 0.2) is 36.7 Å². The molecule has 0 saturated heterocycles. The summed E-state index contributed by atoms with van der Waals surface area (Å²) >= 11 is 5.64. The number of alkyl halides is 1. The molecule has 4 heteroatoms. The van der Waals surface area contributed by atoms with Gasteiger partial charge in [-0.2, -0.15) is 0 Å². The second kappa shape index (κ2) is 6.36. The minimum atomic E-state index is 0.360. The summed E-state index contributed by atoms with van der Waals surface area (Å²) in [7, 11) is 0. The molecular formula is C14H15ClN2O. The van der Waals surface area contributed by atoms with E-state index in [0.29, 0.717) is 11.8 Å². The molecule has 0 aliphatic heterocycles. The van der Waals surface area contributed by atoms with Gasteiger partial charge >= 0.3 is 0 Å². The Labute approximate surface area is 112 Å². The first-order valence-corrected chi connectivity index (χ1v) is 6.49. The highest BCUT2D eigenvalue weighted by Crippen LogP contribution is 2.19. The fourth-order valence-electron chi connectivity index (χ4n) is 1.60. The van der Waals surface area contributed by atoms with Gasteiger partial charge in [-0.05, 0) is 24.1 Å². The lowest BCUT2D eigenvalue weighted by atomic mass is 10.1. The van der Waals surface area contributed by atoms with Crippen LogP contribution in [0.1, 0.15) is 24.6 Å². The Morgan fingerprint density at radius 3 is 2.44 bits per heavy atom. The third-order valence-corrected chi connectivity index (χ3v) is 2.78. The van der Waals surface area contributed by atoms with Crippen LogP contribution in [0.3, 0.4) is 0 Å². The highest BCUT2D eigenvalue weighted by Gasteiger charge is 2.00. The van der Waals surface area contributed by atoms with Crippen LogP contribution in [0.4, 0.5) is 0 Å². The lowest BCUT2D eigenvalue weighted by molar-refractivity contribution is 0.459. The zero-order valence-electron chi connectivity index (χ0n) is 10.3. The number of rotatable bonds is 5. The average Bonchev–Trinajstić information content (AvgIpc) is 2.42. The summed E-state index contributed by atoms with van der Waals surface area (Å²) in [6.45, 7) is 2.17. The van der Waals surface area contributed by atoms with Gasteiger partial charge in [-0.1, -0.05) is 25.5 Å². The lowest BCUT2D eigenvalue weighted by Crippen LogP contribution is -1.92. The molecule has 3 nitrogen and oxygen atoms in total. The molecule has 0 saturated carbocycles. The van der Waals surface area contributed by atoms with Crippen molar-refractivity contribution >= 4 is 11.6 Å². The Morgan fingerprint density at radius 2 is 1.89 bits per heavy atom. The van der Waals surface area contributed by atoms with Crippen LogP contribution < -0.4 is 4.74 Å². The number of benzene rings is 1. The lowest BCUT2D eigenvalue weighted by Gasteiger charge is -2.05. The monoisotopic (exact) mass is 262 g/mol. The van der Waals surface area contributed by atoms with E-state index in [1.807, 2.05) is 12.1 Å². The Hall–Kier alpha value is -1.61. The maximum absolute atomic E-state index is 5.64. The average molecular weight is 263 g/mol. The molecular weight excluding hydrogens is 248 g/mol. The van der Waals surface area contributed by atoms with Crippen molar-refractivity contribution in [2.75, 3.05) is 0 Å². The third kappa shape index (κ3) is 3.44. The van der Waals surface area contributed by atoms with Gasteiger partial charge in [0.25, 0.3) is 0 Å². The van der Waals surface area contributed by atoms with E-state index in [1.165, 1.54) is 5.56 Å². The van der Waals surface area contributed by atoms with E-state index >= 15 is 0 Å². The van der Waals surface area contributed by atoms with Gasteiger partial charge in [0.05, 0.1) is 24.0 Å². The van der Waals surface area contributed by atoms with Gasteiger partial charge < -0.3 is 4.74 Å². The molecule has 2 rings (SSSR count). The first-order valence-electron chi connectivity index (χ1n) is 5.95. The molecule has 1 heterocycles. The highest BCUT2D eigenvalue weighted by molar-refractivity contribution is 6.16. The van der Waals surface area contributed by atoms with Crippen molar-refractivity contribution in [1.29, 1.82) is 0 Å². The standard InChI is InChI=1S/C14H15ClN2O/c1-2-3-11-4-6-13(7-5-11)18-14-10-16-12(8-15)9-17-14/h4-7,9-10H,2-3,8H2,1H3. The van der Waals surface area contributed by atoms with Crippen LogP contribution in [0.2, 0.25) is 0 Å². The summed E-state index contributed by atoms with van der Waals surface area (Å²) in [6.07, 6.45) is 5.43. The fourth-order valence-corrected chi connectivity index (χ4v) is 1.74. The summed E-state index contributed by atoms with van der Waals surface area (Å²) in [6, 6.07) is 8.03. The van der Waals surface area contributed by atoms with Gasteiger partial charge in [0.2, 0.25) is 5.88 Å². The minimum Gasteiger partial charge on any atom is -0.438 e. The number of nitrogens with zero attached hydrogens (tertiary/aromatic N) is 2. The van der Waals surface area contributed by atoms with Crippen LogP contribution in [-0.2, 0) is 12.3 Å². The van der Waals surface area contributed by atoms with Crippen molar-refractivity contribution in [3.8, 4) is 11.6 Å². The molecule has 0 N–H and O–H groups in total. The first-order chi connectivity index (χ1) is 8.81. The number of hydrogen-bond acceptors (Lipinski definition) is 3. The predicted molar refractivity (Wildman–Crippen MR) is 72.1 cm³/mol. The van der Waals surface area contributed by atoms with E-state index in [4.69, 9.17) is 16.3 Å². The Bertz CT molecular complexity index is 482. The van der Waals surface area contributed by atoms with Crippen molar-refractivity contribution in [3.05, 3.63) is 47.9 Å². The smallest absolute Gasteiger partial charge is 0.237 e. The molecule has 0 bridgehead atoms. The SMILES string of the molecule is CCCc1ccc(Oc2cnc(CCl)cn2)cc1. The Balaban J connectivity index is 2.03. The maximum atomic E-state index is 5.64. The topological polar surface area (TPSA) is 35.0 Å². The van der Waals surface area contributed by atoms with E-state index in [9.17, 15) is 0 Å². The molecule has 2 aromatic rings. The molecule has 1 aromatic heterocycles. The third-order valence-electron chi connectivity index (χ3n) is 2.50. The van der Waals surface area contributed by atoms with Gasteiger partial charge in [0, 0.05) is 0 Å². The highest BCUT2D eigenvalue weighted by atomic mass is 35.5. The van der Waals surface area contributed by atoms with E-state index in [-0.39, 0.29) is 0 Å². The molecule has 0 radical (unpaired) electrons. The van der Waals surface area contributed by atoms with Crippen LogP contribution in [0.25, 0.3) is 0 Å². The van der Waals surface area contributed by atoms with Crippen LogP contribution in [0.5, 0.6) is 11.6 Å². The molecule has 18 heavy (non-hydrogen) atoms. The summed E-state index contributed by atoms with van der Waals surface area (Å²) in [5.74, 6) is 1.61. The largest absolute Gasteiger partial charge is 0.438 e. The zero-order chi connectivity index (χ0) is 12.8. The molecule has 0 aliphatic carbocycles. The molecule has 0 unspecified atom stereocenters. The number of aryl methyl sites for hydroxylation is 1. The number of hydrogen-bond donors (Lipinski definition) is 0. The van der Waals surface area contributed by atoms with Gasteiger partial charge in [-0.15, -0.1) is 11.6 Å². The van der Waals surface area contributed by atoms with E-state index in [0.717, 1.165) is 24.3 Å². The molecule has 0 amide bonds. The molecule has 0 fully saturated rings. The normalized spacial score (nSPS) is 10.3. The molecule has 94 valence electrons. The summed E-state index contributed by atoms with van der Waals surface area (Å²) in [5.41, 5.74) is 2.05. The molecule has 0 spiro atoms. The molecule has 0 aliphatic rings. The number of aromatic nitrogens is 2. The fraction of sp³-hybridized carbons (Fsp3) is 0.286. The zero-order valence-corrected chi connectivity index (χ0v) is 11.0. The van der Waals surface area contributed by atoms with Gasteiger partial charge in [0.1, 0.15) is 5.75 Å². The van der Waals surface area contributed by atoms with Crippen molar-refractivity contribution < 1.29 is 4.74 Å². The van der Waals surface area contributed by atoms with Crippen LogP contribution >= 0.6 is 11.6 Å². The Kier molecular flexibility index (Phi) is 4.53. The van der Waals surface area contributed by atoms with Crippen molar-refractivity contribution in [1.82, 2.24) is 9.97 Å². The van der Waals surface area contributed by atoms with Gasteiger partial charge in [-0.25, -0.2) is 4.98 Å². The number of halogens is 1. The van der Waals surface area contributed by atoms with Crippen molar-refractivity contribution in [2.45, 2.75) is 25.6 Å². The van der Waals surface area contributed by atoms with Gasteiger partial charge in [0.15, 0.2) is 0 Å². The summed E-state index contributed by atoms with van der Waals surface area (Å²) in [4.78, 5) is 8.26. The molecule has 0 atom stereocenters. The van der Waals surface area contributed by atoms with E-state index in [1.54, 1.807) is 12.4 Å². The van der Waals surface area contributed by atoms with E-state index in [2.05, 4.69) is 29.0 Å². The van der Waals surface area contributed by atoms with Crippen LogP contribution in [-0.4, -0.2) is 9.97 Å². The van der Waals surface area contributed by atoms with Crippen molar-refractivity contribution in [2.24, 2.45) is 0 Å². The summed E-state index contributed by atoms with van der Waals surface area (Å²) < 4.78 is 5.59. The quantitative estimate of drug-likeness (QED) is 0.765. The second-order valence-electron chi connectivity index (χ2n) is 3.98. The number of ether oxygens (including phenoxy) is 1. The maximum Gasteiger partial charge on any atom is 0.237 e. The predicted octanol–water partition coefficient (Wildman–Crippen LogP) is 3.96. The minimum absolute atomic E-state index is 0.360. The first kappa shape index (κ1) is 12.8. The van der Waals surface area contributed by atoms with Crippen LogP contribution in [0, 0.1) is 0 Å². The summed E-state index contributed by atoms with van der Waals surface area (Å²) in [5, 5.41) is 0. The van der Waals surface area contributed by atoms with Gasteiger partial charge in [-0.3, -0.25) is 4.98 Å². The Morgan fingerprint density at radius 1 is 1.11 bits per heavy atom.